The number of anilines is 1. The Hall–Kier alpha value is -2.35. The zero-order valence-corrected chi connectivity index (χ0v) is 10.7. The Bertz CT molecular complexity index is 708. The van der Waals surface area contributed by atoms with Gasteiger partial charge in [0.1, 0.15) is 0 Å². The second-order valence-corrected chi connectivity index (χ2v) is 5.53. The van der Waals surface area contributed by atoms with E-state index >= 15 is 0 Å². The number of imidazole rings is 1. The van der Waals surface area contributed by atoms with Gasteiger partial charge in [0.25, 0.3) is 10.0 Å². The average Bonchev–Trinajstić information content (AvgIpc) is 2.85. The van der Waals surface area contributed by atoms with Gasteiger partial charge in [-0.2, -0.15) is 8.42 Å². The smallest absolute Gasteiger partial charge is 0.337 e. The summed E-state index contributed by atoms with van der Waals surface area (Å²) >= 11 is 0. The Labute approximate surface area is 109 Å². The van der Waals surface area contributed by atoms with Crippen LogP contribution >= 0.6 is 0 Å². The molecule has 8 heteroatoms. The second kappa shape index (κ2) is 4.73. The summed E-state index contributed by atoms with van der Waals surface area (Å²) in [4.78, 5) is 17.2. The van der Waals surface area contributed by atoms with Gasteiger partial charge in [-0.05, 0) is 19.1 Å². The highest BCUT2D eigenvalue weighted by Gasteiger charge is 2.19. The van der Waals surface area contributed by atoms with Crippen LogP contribution in [-0.2, 0) is 10.0 Å². The zero-order chi connectivity index (χ0) is 14.0. The Morgan fingerprint density at radius 3 is 2.74 bits per heavy atom. The number of nitrogens with zero attached hydrogens (tertiary/aromatic N) is 1. The molecule has 0 aliphatic carbocycles. The number of nitrogens with one attached hydrogen (secondary N) is 2. The Kier molecular flexibility index (Phi) is 3.26. The lowest BCUT2D eigenvalue weighted by atomic mass is 10.1. The number of aromatic amines is 1. The molecule has 0 aliphatic heterocycles. The van der Waals surface area contributed by atoms with Gasteiger partial charge in [0.2, 0.25) is 0 Å². The number of hydrogen-bond donors (Lipinski definition) is 3. The maximum Gasteiger partial charge on any atom is 0.337 e. The van der Waals surface area contributed by atoms with E-state index in [1.54, 1.807) is 13.0 Å². The summed E-state index contributed by atoms with van der Waals surface area (Å²) in [5.74, 6) is -1.20. The number of H-pyrrole nitrogens is 1. The van der Waals surface area contributed by atoms with E-state index in [0.29, 0.717) is 0 Å². The first kappa shape index (κ1) is 13.1. The third-order valence-corrected chi connectivity index (χ3v) is 3.70. The first-order chi connectivity index (χ1) is 8.90. The highest BCUT2D eigenvalue weighted by Crippen LogP contribution is 2.20. The molecular weight excluding hydrogens is 270 g/mol. The molecule has 0 radical (unpaired) electrons. The third kappa shape index (κ3) is 2.74. The van der Waals surface area contributed by atoms with Gasteiger partial charge < -0.3 is 10.1 Å². The molecule has 3 N–H and O–H groups in total. The van der Waals surface area contributed by atoms with E-state index in [1.807, 2.05) is 0 Å². The van der Waals surface area contributed by atoms with Gasteiger partial charge in [-0.1, -0.05) is 11.6 Å². The lowest BCUT2D eigenvalue weighted by Crippen LogP contribution is -2.16. The molecule has 0 amide bonds. The molecule has 2 aromatic rings. The normalized spacial score (nSPS) is 11.2. The number of sulfonamides is 1. The van der Waals surface area contributed by atoms with E-state index in [1.165, 1.54) is 18.5 Å². The fourth-order valence-electron chi connectivity index (χ4n) is 1.51. The van der Waals surface area contributed by atoms with Crippen molar-refractivity contribution in [2.45, 2.75) is 11.9 Å². The van der Waals surface area contributed by atoms with Crippen LogP contribution in [0.4, 0.5) is 5.69 Å². The minimum atomic E-state index is -3.87. The fraction of sp³-hybridized carbons (Fsp3) is 0.0909. The van der Waals surface area contributed by atoms with Gasteiger partial charge in [-0.3, -0.25) is 4.72 Å². The second-order valence-electron chi connectivity index (χ2n) is 3.88. The summed E-state index contributed by atoms with van der Waals surface area (Å²) in [5, 5.41) is 8.93. The standard InChI is InChI=1S/C11H11N3O4S/c1-7-2-3-9(8(4-7)11(15)16)14-19(17,18)10-5-12-6-13-10/h2-6,14H,1H3,(H,12,13)(H,15,16). The lowest BCUT2D eigenvalue weighted by molar-refractivity contribution is 0.0698. The van der Waals surface area contributed by atoms with Crippen LogP contribution in [0.3, 0.4) is 0 Å². The summed E-state index contributed by atoms with van der Waals surface area (Å²) in [6.07, 6.45) is 2.36. The van der Waals surface area contributed by atoms with Crippen LogP contribution < -0.4 is 4.72 Å². The molecule has 1 aromatic heterocycles. The maximum atomic E-state index is 11.9. The van der Waals surface area contributed by atoms with Crippen molar-refractivity contribution >= 4 is 21.7 Å². The molecule has 0 bridgehead atoms. The molecule has 1 heterocycles. The Balaban J connectivity index is 2.42. The number of carboxylic acid groups (broad SMARTS) is 1. The topological polar surface area (TPSA) is 112 Å². The van der Waals surface area contributed by atoms with Crippen LogP contribution in [0.25, 0.3) is 0 Å². The lowest BCUT2D eigenvalue weighted by Gasteiger charge is -2.09. The predicted octanol–water partition coefficient (Wildman–Crippen LogP) is 1.22. The van der Waals surface area contributed by atoms with E-state index < -0.39 is 16.0 Å². The van der Waals surface area contributed by atoms with Crippen molar-refractivity contribution in [1.29, 1.82) is 0 Å². The quantitative estimate of drug-likeness (QED) is 0.780. The molecule has 2 rings (SSSR count). The molecule has 0 fully saturated rings. The highest BCUT2D eigenvalue weighted by molar-refractivity contribution is 7.92. The Morgan fingerprint density at radius 2 is 2.16 bits per heavy atom. The predicted molar refractivity (Wildman–Crippen MR) is 67.5 cm³/mol. The maximum absolute atomic E-state index is 11.9. The highest BCUT2D eigenvalue weighted by atomic mass is 32.2. The molecule has 0 saturated heterocycles. The first-order valence-corrected chi connectivity index (χ1v) is 6.73. The number of carboxylic acids is 1. The van der Waals surface area contributed by atoms with Crippen molar-refractivity contribution in [3.8, 4) is 0 Å². The first-order valence-electron chi connectivity index (χ1n) is 5.25. The molecule has 0 saturated carbocycles. The summed E-state index contributed by atoms with van der Waals surface area (Å²) in [5.41, 5.74) is 0.623. The van der Waals surface area contributed by atoms with E-state index in [0.717, 1.165) is 11.8 Å². The molecule has 1 aromatic carbocycles. The minimum Gasteiger partial charge on any atom is -0.478 e. The van der Waals surface area contributed by atoms with Crippen molar-refractivity contribution in [3.63, 3.8) is 0 Å². The number of aromatic carboxylic acids is 1. The fourth-order valence-corrected chi connectivity index (χ4v) is 2.50. The van der Waals surface area contributed by atoms with Crippen LogP contribution in [0, 0.1) is 6.92 Å². The number of hydrogen-bond acceptors (Lipinski definition) is 4. The minimum absolute atomic E-state index is 0.00713. The van der Waals surface area contributed by atoms with E-state index in [9.17, 15) is 13.2 Å². The third-order valence-electron chi connectivity index (χ3n) is 2.41. The number of rotatable bonds is 4. The van der Waals surface area contributed by atoms with Crippen molar-refractivity contribution in [2.75, 3.05) is 4.72 Å². The van der Waals surface area contributed by atoms with Crippen molar-refractivity contribution in [1.82, 2.24) is 9.97 Å². The van der Waals surface area contributed by atoms with Gasteiger partial charge in [0.05, 0.1) is 23.8 Å². The van der Waals surface area contributed by atoms with Crippen molar-refractivity contribution < 1.29 is 18.3 Å². The van der Waals surface area contributed by atoms with E-state index in [2.05, 4.69) is 14.7 Å². The number of aryl methyl sites for hydroxylation is 1. The number of aromatic nitrogens is 2. The summed E-state index contributed by atoms with van der Waals surface area (Å²) in [6.45, 7) is 1.72. The molecule has 0 atom stereocenters. The summed E-state index contributed by atoms with van der Waals surface area (Å²) in [6, 6.07) is 4.43. The monoisotopic (exact) mass is 281 g/mol. The van der Waals surface area contributed by atoms with Crippen LogP contribution in [0.1, 0.15) is 15.9 Å². The summed E-state index contributed by atoms with van der Waals surface area (Å²) in [7, 11) is -3.87. The molecule has 19 heavy (non-hydrogen) atoms. The summed E-state index contributed by atoms with van der Waals surface area (Å²) < 4.78 is 26.1. The number of carbonyl (C=O) groups is 1. The Morgan fingerprint density at radius 1 is 1.42 bits per heavy atom. The van der Waals surface area contributed by atoms with Crippen LogP contribution in [0.5, 0.6) is 0 Å². The molecule has 100 valence electrons. The van der Waals surface area contributed by atoms with E-state index in [-0.39, 0.29) is 16.3 Å². The average molecular weight is 281 g/mol. The molecule has 0 aliphatic rings. The van der Waals surface area contributed by atoms with Gasteiger partial charge in [0, 0.05) is 0 Å². The SMILES string of the molecule is Cc1ccc(NS(=O)(=O)c2cnc[nH]2)c(C(=O)O)c1. The van der Waals surface area contributed by atoms with Crippen LogP contribution in [0.2, 0.25) is 0 Å². The van der Waals surface area contributed by atoms with Gasteiger partial charge >= 0.3 is 5.97 Å². The zero-order valence-electron chi connectivity index (χ0n) is 9.91. The van der Waals surface area contributed by atoms with E-state index in [4.69, 9.17) is 5.11 Å². The molecular formula is C11H11N3O4S. The molecule has 0 unspecified atom stereocenters. The van der Waals surface area contributed by atoms with Gasteiger partial charge in [-0.25, -0.2) is 9.78 Å². The molecule has 0 spiro atoms. The van der Waals surface area contributed by atoms with Gasteiger partial charge in [0.15, 0.2) is 5.03 Å². The van der Waals surface area contributed by atoms with Crippen molar-refractivity contribution in [2.24, 2.45) is 0 Å². The van der Waals surface area contributed by atoms with Crippen LogP contribution in [-0.4, -0.2) is 29.5 Å². The van der Waals surface area contributed by atoms with Gasteiger partial charge in [-0.15, -0.1) is 0 Å². The largest absolute Gasteiger partial charge is 0.478 e. The number of benzene rings is 1. The van der Waals surface area contributed by atoms with Crippen LogP contribution in [0.15, 0.2) is 35.7 Å². The van der Waals surface area contributed by atoms with Crippen molar-refractivity contribution in [3.05, 3.63) is 41.9 Å². The molecule has 7 nitrogen and oxygen atoms in total.